The van der Waals surface area contributed by atoms with E-state index in [0.29, 0.717) is 6.54 Å². The second-order valence-electron chi connectivity index (χ2n) is 9.36. The van der Waals surface area contributed by atoms with Gasteiger partial charge in [-0.2, -0.15) is 0 Å². The summed E-state index contributed by atoms with van der Waals surface area (Å²) in [7, 11) is 1.66. The third-order valence-corrected chi connectivity index (χ3v) is 6.30. The number of nitrogens with two attached hydrogens (primary N) is 2. The molecule has 5 nitrogen and oxygen atoms in total. The fraction of sp³-hybridized carbons (Fsp3) is 0.690. The molecular weight excluding hydrogens is 422 g/mol. The van der Waals surface area contributed by atoms with Crippen LogP contribution in [-0.4, -0.2) is 32.7 Å². The van der Waals surface area contributed by atoms with Gasteiger partial charge in [0.15, 0.2) is 0 Å². The molecule has 0 fully saturated rings. The van der Waals surface area contributed by atoms with Crippen LogP contribution in [0.1, 0.15) is 102 Å². The number of anilines is 1. The van der Waals surface area contributed by atoms with E-state index in [1.165, 1.54) is 83.5 Å². The number of primary amides is 1. The molecule has 4 N–H and O–H groups in total. The van der Waals surface area contributed by atoms with Crippen molar-refractivity contribution in [2.75, 3.05) is 31.6 Å². The molecule has 194 valence electrons. The third-order valence-electron chi connectivity index (χ3n) is 6.30. The maximum atomic E-state index is 11.2. The van der Waals surface area contributed by atoms with Gasteiger partial charge in [0.05, 0.1) is 19.2 Å². The first-order valence-electron chi connectivity index (χ1n) is 13.7. The minimum absolute atomic E-state index is 0.225. The fourth-order valence-electron chi connectivity index (χ4n) is 4.35. The average Bonchev–Trinajstić information content (AvgIpc) is 2.82. The largest absolute Gasteiger partial charge is 0.495 e. The standard InChI is InChI=1S/C29H51N3O2/c1-3-4-5-6-7-8-9-10-11-12-13-14-15-16-17-18-22-32(23-21-30)27-20-19-26(25-29(31)33)24-28(27)34-2/h10-11,19-20,24H,3-9,12-18,21-23,25,30H2,1-2H3,(H2,31,33)/b11-10-. The number of nitrogens with zero attached hydrogens (tertiary/aromatic N) is 1. The molecule has 0 heterocycles. The summed E-state index contributed by atoms with van der Waals surface area (Å²) in [4.78, 5) is 13.5. The molecule has 0 saturated carbocycles. The fourth-order valence-corrected chi connectivity index (χ4v) is 4.35. The first-order chi connectivity index (χ1) is 16.6. The molecule has 0 aromatic heterocycles. The van der Waals surface area contributed by atoms with E-state index < -0.39 is 0 Å². The Hall–Kier alpha value is -2.01. The third kappa shape index (κ3) is 14.3. The first kappa shape index (κ1) is 30.0. The van der Waals surface area contributed by atoms with Crippen molar-refractivity contribution in [3.8, 4) is 5.75 Å². The Bertz CT molecular complexity index is 675. The lowest BCUT2D eigenvalue weighted by Gasteiger charge is -2.26. The molecule has 0 aliphatic heterocycles. The van der Waals surface area contributed by atoms with Crippen molar-refractivity contribution in [2.24, 2.45) is 11.5 Å². The average molecular weight is 474 g/mol. The summed E-state index contributed by atoms with van der Waals surface area (Å²) in [6.07, 6.45) is 23.4. The van der Waals surface area contributed by atoms with Gasteiger partial charge in [0.2, 0.25) is 5.91 Å². The molecular formula is C29H51N3O2. The van der Waals surface area contributed by atoms with Crippen molar-refractivity contribution in [3.63, 3.8) is 0 Å². The van der Waals surface area contributed by atoms with E-state index in [9.17, 15) is 4.79 Å². The molecule has 0 atom stereocenters. The van der Waals surface area contributed by atoms with Crippen LogP contribution in [0.5, 0.6) is 5.75 Å². The van der Waals surface area contributed by atoms with Crippen LogP contribution in [0.4, 0.5) is 5.69 Å². The molecule has 34 heavy (non-hydrogen) atoms. The molecule has 1 aromatic carbocycles. The zero-order chi connectivity index (χ0) is 24.9. The van der Waals surface area contributed by atoms with E-state index in [1.54, 1.807) is 7.11 Å². The van der Waals surface area contributed by atoms with E-state index in [0.717, 1.165) is 36.5 Å². The summed E-state index contributed by atoms with van der Waals surface area (Å²) in [5.41, 5.74) is 13.1. The Labute approximate surface area is 209 Å². The Morgan fingerprint density at radius 2 is 1.47 bits per heavy atom. The van der Waals surface area contributed by atoms with Gasteiger partial charge in [0.25, 0.3) is 0 Å². The summed E-state index contributed by atoms with van der Waals surface area (Å²) in [6.45, 7) is 4.62. The quantitative estimate of drug-likeness (QED) is 0.148. The second-order valence-corrected chi connectivity index (χ2v) is 9.36. The number of unbranched alkanes of at least 4 members (excludes halogenated alkanes) is 12. The number of carbonyl (C=O) groups is 1. The summed E-state index contributed by atoms with van der Waals surface area (Å²) >= 11 is 0. The van der Waals surface area contributed by atoms with Crippen molar-refractivity contribution in [2.45, 2.75) is 103 Å². The number of methoxy groups -OCH3 is 1. The van der Waals surface area contributed by atoms with Crippen molar-refractivity contribution in [1.82, 2.24) is 0 Å². The highest BCUT2D eigenvalue weighted by Gasteiger charge is 2.13. The van der Waals surface area contributed by atoms with Crippen LogP contribution < -0.4 is 21.1 Å². The number of hydrogen-bond acceptors (Lipinski definition) is 4. The van der Waals surface area contributed by atoms with Gasteiger partial charge in [0, 0.05) is 19.6 Å². The van der Waals surface area contributed by atoms with Crippen LogP contribution in [-0.2, 0) is 11.2 Å². The molecule has 0 aliphatic rings. The van der Waals surface area contributed by atoms with Crippen LogP contribution >= 0.6 is 0 Å². The van der Waals surface area contributed by atoms with Crippen molar-refractivity contribution < 1.29 is 9.53 Å². The Balaban J connectivity index is 2.19. The van der Waals surface area contributed by atoms with Gasteiger partial charge < -0.3 is 21.1 Å². The van der Waals surface area contributed by atoms with Crippen molar-refractivity contribution in [1.29, 1.82) is 0 Å². The zero-order valence-electron chi connectivity index (χ0n) is 22.0. The van der Waals surface area contributed by atoms with Gasteiger partial charge in [-0.15, -0.1) is 0 Å². The SMILES string of the molecule is CCCCCCCC/C=C\CCCCCCCCN(CCN)c1ccc(CC(N)=O)cc1OC. The Morgan fingerprint density at radius 1 is 0.882 bits per heavy atom. The maximum absolute atomic E-state index is 11.2. The first-order valence-corrected chi connectivity index (χ1v) is 13.7. The van der Waals surface area contributed by atoms with Crippen LogP contribution in [0, 0.1) is 0 Å². The van der Waals surface area contributed by atoms with Crippen LogP contribution in [0.2, 0.25) is 0 Å². The smallest absolute Gasteiger partial charge is 0.221 e. The summed E-state index contributed by atoms with van der Waals surface area (Å²) in [5, 5.41) is 0. The van der Waals surface area contributed by atoms with Crippen LogP contribution in [0.15, 0.2) is 30.4 Å². The summed E-state index contributed by atoms with van der Waals surface area (Å²) in [5.74, 6) is 0.439. The molecule has 0 saturated heterocycles. The van der Waals surface area contributed by atoms with E-state index in [1.807, 2.05) is 18.2 Å². The minimum Gasteiger partial charge on any atom is -0.495 e. The van der Waals surface area contributed by atoms with Gasteiger partial charge in [0.1, 0.15) is 5.75 Å². The number of amides is 1. The van der Waals surface area contributed by atoms with E-state index in [-0.39, 0.29) is 12.3 Å². The Morgan fingerprint density at radius 3 is 2.03 bits per heavy atom. The highest BCUT2D eigenvalue weighted by atomic mass is 16.5. The van der Waals surface area contributed by atoms with Gasteiger partial charge >= 0.3 is 0 Å². The van der Waals surface area contributed by atoms with Crippen LogP contribution in [0.25, 0.3) is 0 Å². The van der Waals surface area contributed by atoms with Crippen LogP contribution in [0.3, 0.4) is 0 Å². The molecule has 0 radical (unpaired) electrons. The van der Waals surface area contributed by atoms with E-state index in [4.69, 9.17) is 16.2 Å². The molecule has 0 bridgehead atoms. The van der Waals surface area contributed by atoms with Gasteiger partial charge in [-0.1, -0.05) is 82.9 Å². The molecule has 0 aliphatic carbocycles. The lowest BCUT2D eigenvalue weighted by Crippen LogP contribution is -2.30. The monoisotopic (exact) mass is 473 g/mol. The van der Waals surface area contributed by atoms with Gasteiger partial charge in [-0.25, -0.2) is 0 Å². The number of allylic oxidation sites excluding steroid dienone is 2. The van der Waals surface area contributed by atoms with Gasteiger partial charge in [-0.05, 0) is 49.8 Å². The number of ether oxygens (including phenoxy) is 1. The Kier molecular flexibility index (Phi) is 18.0. The maximum Gasteiger partial charge on any atom is 0.221 e. The van der Waals surface area contributed by atoms with Crippen molar-refractivity contribution in [3.05, 3.63) is 35.9 Å². The molecule has 0 spiro atoms. The van der Waals surface area contributed by atoms with Crippen molar-refractivity contribution >= 4 is 11.6 Å². The lowest BCUT2D eigenvalue weighted by molar-refractivity contribution is -0.117. The predicted octanol–water partition coefficient (Wildman–Crippen LogP) is 6.53. The molecule has 0 unspecified atom stereocenters. The summed E-state index contributed by atoms with van der Waals surface area (Å²) < 4.78 is 5.59. The number of benzene rings is 1. The van der Waals surface area contributed by atoms with E-state index in [2.05, 4.69) is 24.0 Å². The number of rotatable bonds is 22. The topological polar surface area (TPSA) is 81.6 Å². The highest BCUT2D eigenvalue weighted by molar-refractivity contribution is 5.77. The molecule has 1 aromatic rings. The number of carbonyl (C=O) groups excluding carboxylic acids is 1. The molecule has 1 rings (SSSR count). The normalized spacial score (nSPS) is 11.3. The molecule has 1 amide bonds. The highest BCUT2D eigenvalue weighted by Crippen LogP contribution is 2.30. The lowest BCUT2D eigenvalue weighted by atomic mass is 10.1. The zero-order valence-corrected chi connectivity index (χ0v) is 22.0. The van der Waals surface area contributed by atoms with Gasteiger partial charge in [-0.3, -0.25) is 4.79 Å². The minimum atomic E-state index is -0.335. The number of hydrogen-bond donors (Lipinski definition) is 2. The predicted molar refractivity (Wildman–Crippen MR) is 147 cm³/mol. The van der Waals surface area contributed by atoms with E-state index >= 15 is 0 Å². The second kappa shape index (κ2) is 20.4. The molecule has 5 heteroatoms. The summed E-state index contributed by atoms with van der Waals surface area (Å²) in [6, 6.07) is 5.88.